The van der Waals surface area contributed by atoms with Crippen LogP contribution in [0.5, 0.6) is 0 Å². The van der Waals surface area contributed by atoms with Gasteiger partial charge >= 0.3 is 0 Å². The molecule has 1 aromatic rings. The van der Waals surface area contributed by atoms with Gasteiger partial charge in [-0.1, -0.05) is 18.6 Å². The predicted molar refractivity (Wildman–Crippen MR) is 84.9 cm³/mol. The van der Waals surface area contributed by atoms with Gasteiger partial charge in [0, 0.05) is 25.0 Å². The Bertz CT molecular complexity index is 574. The first-order chi connectivity index (χ1) is 10.7. The van der Waals surface area contributed by atoms with E-state index in [0.717, 1.165) is 45.3 Å². The summed E-state index contributed by atoms with van der Waals surface area (Å²) in [5, 5.41) is 12.2. The van der Waals surface area contributed by atoms with E-state index in [2.05, 4.69) is 22.4 Å². The summed E-state index contributed by atoms with van der Waals surface area (Å²) in [5.41, 5.74) is 1.88. The molecule has 22 heavy (non-hydrogen) atoms. The number of piperidine rings is 1. The molecule has 0 spiro atoms. The molecule has 1 amide bonds. The van der Waals surface area contributed by atoms with Crippen molar-refractivity contribution >= 4 is 5.91 Å². The van der Waals surface area contributed by atoms with Crippen molar-refractivity contribution in [1.29, 1.82) is 5.26 Å². The Kier molecular flexibility index (Phi) is 4.74. The van der Waals surface area contributed by atoms with Gasteiger partial charge in [-0.05, 0) is 49.9 Å². The van der Waals surface area contributed by atoms with Gasteiger partial charge in [-0.25, -0.2) is 0 Å². The van der Waals surface area contributed by atoms with Crippen LogP contribution in [0.15, 0.2) is 24.3 Å². The molecule has 1 aliphatic heterocycles. The quantitative estimate of drug-likeness (QED) is 0.928. The first-order valence-electron chi connectivity index (χ1n) is 8.26. The summed E-state index contributed by atoms with van der Waals surface area (Å²) >= 11 is 0. The maximum atomic E-state index is 12.1. The van der Waals surface area contributed by atoms with E-state index in [1.807, 2.05) is 18.2 Å². The molecule has 2 fully saturated rings. The normalized spacial score (nSPS) is 22.6. The van der Waals surface area contributed by atoms with E-state index >= 15 is 0 Å². The molecule has 4 nitrogen and oxygen atoms in total. The summed E-state index contributed by atoms with van der Waals surface area (Å²) in [4.78, 5) is 14.5. The Labute approximate surface area is 132 Å². The van der Waals surface area contributed by atoms with E-state index in [1.165, 1.54) is 12.0 Å². The number of rotatable bonds is 4. The fourth-order valence-electron chi connectivity index (χ4n) is 3.30. The van der Waals surface area contributed by atoms with Crippen molar-refractivity contribution < 1.29 is 4.79 Å². The van der Waals surface area contributed by atoms with Gasteiger partial charge in [0.05, 0.1) is 11.6 Å². The molecule has 0 radical (unpaired) electrons. The van der Waals surface area contributed by atoms with Gasteiger partial charge < -0.3 is 5.32 Å². The van der Waals surface area contributed by atoms with Gasteiger partial charge in [0.1, 0.15) is 0 Å². The van der Waals surface area contributed by atoms with Gasteiger partial charge in [0.25, 0.3) is 0 Å². The number of hydrogen-bond donors (Lipinski definition) is 1. The van der Waals surface area contributed by atoms with E-state index < -0.39 is 0 Å². The topological polar surface area (TPSA) is 56.1 Å². The van der Waals surface area contributed by atoms with Gasteiger partial charge in [-0.3, -0.25) is 9.69 Å². The van der Waals surface area contributed by atoms with E-state index in [1.54, 1.807) is 0 Å². The molecule has 2 aliphatic rings. The first kappa shape index (κ1) is 15.1. The van der Waals surface area contributed by atoms with Crippen molar-refractivity contribution in [3.8, 4) is 6.07 Å². The fourth-order valence-corrected chi connectivity index (χ4v) is 3.30. The molecule has 1 aliphatic carbocycles. The lowest BCUT2D eigenvalue weighted by atomic mass is 9.84. The number of carbonyl (C=O) groups is 1. The number of likely N-dealkylation sites (tertiary alicyclic amines) is 1. The highest BCUT2D eigenvalue weighted by molar-refractivity contribution is 5.79. The SMILES string of the molecule is N#Cc1cccc(CN2CCCC(NC(=O)C3CCC3)C2)c1. The Morgan fingerprint density at radius 1 is 1.32 bits per heavy atom. The number of amides is 1. The van der Waals surface area contributed by atoms with Crippen LogP contribution in [-0.4, -0.2) is 29.9 Å². The Morgan fingerprint density at radius 2 is 2.18 bits per heavy atom. The average Bonchev–Trinajstić information content (AvgIpc) is 2.46. The van der Waals surface area contributed by atoms with E-state index in [4.69, 9.17) is 5.26 Å². The monoisotopic (exact) mass is 297 g/mol. The third-order valence-electron chi connectivity index (χ3n) is 4.79. The van der Waals surface area contributed by atoms with E-state index in [-0.39, 0.29) is 17.9 Å². The van der Waals surface area contributed by atoms with Gasteiger partial charge in [0.15, 0.2) is 0 Å². The maximum absolute atomic E-state index is 12.1. The molecule has 1 atom stereocenters. The summed E-state index contributed by atoms with van der Waals surface area (Å²) in [6, 6.07) is 10.3. The van der Waals surface area contributed by atoms with Crippen LogP contribution < -0.4 is 5.32 Å². The van der Waals surface area contributed by atoms with Crippen LogP contribution in [-0.2, 0) is 11.3 Å². The third-order valence-corrected chi connectivity index (χ3v) is 4.79. The lowest BCUT2D eigenvalue weighted by molar-refractivity contribution is -0.128. The van der Waals surface area contributed by atoms with Gasteiger partial charge in [-0.15, -0.1) is 0 Å². The lowest BCUT2D eigenvalue weighted by Gasteiger charge is -2.35. The Morgan fingerprint density at radius 3 is 2.91 bits per heavy atom. The zero-order valence-electron chi connectivity index (χ0n) is 12.9. The lowest BCUT2D eigenvalue weighted by Crippen LogP contribution is -2.49. The highest BCUT2D eigenvalue weighted by Crippen LogP contribution is 2.26. The van der Waals surface area contributed by atoms with Gasteiger partial charge in [0.2, 0.25) is 5.91 Å². The molecule has 116 valence electrons. The van der Waals surface area contributed by atoms with Crippen LogP contribution in [0.2, 0.25) is 0 Å². The maximum Gasteiger partial charge on any atom is 0.223 e. The standard InChI is InChI=1S/C18H23N3O/c19-11-14-4-1-5-15(10-14)12-21-9-3-8-17(13-21)20-18(22)16-6-2-7-16/h1,4-5,10,16-17H,2-3,6-9,12-13H2,(H,20,22). The molecule has 1 unspecified atom stereocenters. The molecule has 0 aromatic heterocycles. The van der Waals surface area contributed by atoms with Crippen molar-refractivity contribution in [2.45, 2.75) is 44.7 Å². The summed E-state index contributed by atoms with van der Waals surface area (Å²) in [6.07, 6.45) is 5.51. The van der Waals surface area contributed by atoms with Crippen molar-refractivity contribution in [3.63, 3.8) is 0 Å². The molecule has 3 rings (SSSR count). The zero-order chi connectivity index (χ0) is 15.4. The summed E-state index contributed by atoms with van der Waals surface area (Å²) in [6.45, 7) is 2.83. The van der Waals surface area contributed by atoms with E-state index in [0.29, 0.717) is 5.56 Å². The molecule has 1 heterocycles. The summed E-state index contributed by atoms with van der Waals surface area (Å²) in [7, 11) is 0. The van der Waals surface area contributed by atoms with E-state index in [9.17, 15) is 4.79 Å². The molecule has 0 bridgehead atoms. The molecule has 1 saturated carbocycles. The molecule has 1 aromatic carbocycles. The summed E-state index contributed by atoms with van der Waals surface area (Å²) in [5.74, 6) is 0.521. The number of hydrogen-bond acceptors (Lipinski definition) is 3. The Balaban J connectivity index is 1.53. The van der Waals surface area contributed by atoms with Crippen LogP contribution >= 0.6 is 0 Å². The Hall–Kier alpha value is -1.86. The highest BCUT2D eigenvalue weighted by atomic mass is 16.2. The molecular weight excluding hydrogens is 274 g/mol. The predicted octanol–water partition coefficient (Wildman–Crippen LogP) is 2.44. The molecule has 4 heteroatoms. The van der Waals surface area contributed by atoms with Crippen LogP contribution in [0.1, 0.15) is 43.2 Å². The van der Waals surface area contributed by atoms with Crippen molar-refractivity contribution in [3.05, 3.63) is 35.4 Å². The van der Waals surface area contributed by atoms with Crippen molar-refractivity contribution in [2.75, 3.05) is 13.1 Å². The minimum atomic E-state index is 0.254. The van der Waals surface area contributed by atoms with Crippen LogP contribution in [0.25, 0.3) is 0 Å². The third kappa shape index (κ3) is 3.66. The highest BCUT2D eigenvalue weighted by Gasteiger charge is 2.28. The smallest absolute Gasteiger partial charge is 0.223 e. The second-order valence-electron chi connectivity index (χ2n) is 6.52. The molecule has 1 N–H and O–H groups in total. The van der Waals surface area contributed by atoms with Crippen molar-refractivity contribution in [2.24, 2.45) is 5.92 Å². The fraction of sp³-hybridized carbons (Fsp3) is 0.556. The number of nitrogens with zero attached hydrogens (tertiary/aromatic N) is 2. The van der Waals surface area contributed by atoms with Crippen LogP contribution in [0.3, 0.4) is 0 Å². The largest absolute Gasteiger partial charge is 0.352 e. The zero-order valence-corrected chi connectivity index (χ0v) is 12.9. The summed E-state index contributed by atoms with van der Waals surface area (Å²) < 4.78 is 0. The second-order valence-corrected chi connectivity index (χ2v) is 6.52. The number of benzene rings is 1. The van der Waals surface area contributed by atoms with Gasteiger partial charge in [-0.2, -0.15) is 5.26 Å². The number of nitriles is 1. The van der Waals surface area contributed by atoms with Crippen LogP contribution in [0, 0.1) is 17.2 Å². The minimum absolute atomic E-state index is 0.254. The first-order valence-corrected chi connectivity index (χ1v) is 8.26. The average molecular weight is 297 g/mol. The second kappa shape index (κ2) is 6.93. The molecular formula is C18H23N3O. The number of nitrogens with one attached hydrogen (secondary N) is 1. The van der Waals surface area contributed by atoms with Crippen LogP contribution in [0.4, 0.5) is 0 Å². The van der Waals surface area contributed by atoms with Crippen molar-refractivity contribution in [1.82, 2.24) is 10.2 Å². The minimum Gasteiger partial charge on any atom is -0.352 e. The number of carbonyl (C=O) groups excluding carboxylic acids is 1. The molecule has 1 saturated heterocycles.